The SMILES string of the molecule is CC(C)Nc1nccc(C2CCCC2)n1. The van der Waals surface area contributed by atoms with Gasteiger partial charge in [-0.3, -0.25) is 0 Å². The Bertz CT molecular complexity index is 316. The minimum atomic E-state index is 0.392. The fourth-order valence-electron chi connectivity index (χ4n) is 2.15. The second-order valence-corrected chi connectivity index (χ2v) is 4.59. The molecule has 3 nitrogen and oxygen atoms in total. The molecule has 0 radical (unpaired) electrons. The van der Waals surface area contributed by atoms with Gasteiger partial charge in [0.1, 0.15) is 0 Å². The Morgan fingerprint density at radius 2 is 2.07 bits per heavy atom. The van der Waals surface area contributed by atoms with E-state index in [0.717, 1.165) is 5.95 Å². The van der Waals surface area contributed by atoms with Crippen LogP contribution in [0.3, 0.4) is 0 Å². The van der Waals surface area contributed by atoms with Gasteiger partial charge in [-0.25, -0.2) is 9.97 Å². The molecule has 15 heavy (non-hydrogen) atoms. The molecule has 1 saturated carbocycles. The van der Waals surface area contributed by atoms with Gasteiger partial charge in [0, 0.05) is 23.9 Å². The second-order valence-electron chi connectivity index (χ2n) is 4.59. The zero-order chi connectivity index (χ0) is 10.7. The van der Waals surface area contributed by atoms with Crippen LogP contribution in [0.4, 0.5) is 5.95 Å². The van der Waals surface area contributed by atoms with Gasteiger partial charge < -0.3 is 5.32 Å². The van der Waals surface area contributed by atoms with Crippen molar-refractivity contribution in [3.63, 3.8) is 0 Å². The largest absolute Gasteiger partial charge is 0.352 e. The standard InChI is InChI=1S/C12H19N3/c1-9(2)14-12-13-8-7-11(15-12)10-5-3-4-6-10/h7-10H,3-6H2,1-2H3,(H,13,14,15). The van der Waals surface area contributed by atoms with Gasteiger partial charge in [-0.1, -0.05) is 12.8 Å². The molecule has 1 aliphatic rings. The molecule has 0 saturated heterocycles. The summed E-state index contributed by atoms with van der Waals surface area (Å²) in [5, 5.41) is 3.25. The molecule has 1 aromatic heterocycles. The lowest BCUT2D eigenvalue weighted by Gasteiger charge is -2.12. The highest BCUT2D eigenvalue weighted by Gasteiger charge is 2.18. The Kier molecular flexibility index (Phi) is 3.19. The van der Waals surface area contributed by atoms with Crippen molar-refractivity contribution >= 4 is 5.95 Å². The lowest BCUT2D eigenvalue weighted by Crippen LogP contribution is -2.13. The second kappa shape index (κ2) is 4.60. The summed E-state index contributed by atoms with van der Waals surface area (Å²) in [7, 11) is 0. The third-order valence-electron chi connectivity index (χ3n) is 2.87. The van der Waals surface area contributed by atoms with Crippen LogP contribution in [-0.4, -0.2) is 16.0 Å². The Labute approximate surface area is 91.3 Å². The van der Waals surface area contributed by atoms with Crippen molar-refractivity contribution in [3.05, 3.63) is 18.0 Å². The molecule has 1 N–H and O–H groups in total. The smallest absolute Gasteiger partial charge is 0.223 e. The summed E-state index contributed by atoms with van der Waals surface area (Å²) < 4.78 is 0. The average Bonchev–Trinajstić information content (AvgIpc) is 2.69. The van der Waals surface area contributed by atoms with Crippen LogP contribution in [0.1, 0.15) is 51.1 Å². The van der Waals surface area contributed by atoms with E-state index in [1.807, 2.05) is 6.20 Å². The quantitative estimate of drug-likeness (QED) is 0.824. The molecule has 1 aromatic rings. The van der Waals surface area contributed by atoms with Gasteiger partial charge in [0.15, 0.2) is 0 Å². The molecular weight excluding hydrogens is 186 g/mol. The van der Waals surface area contributed by atoms with Crippen LogP contribution in [0, 0.1) is 0 Å². The lowest BCUT2D eigenvalue weighted by atomic mass is 10.0. The van der Waals surface area contributed by atoms with Crippen molar-refractivity contribution < 1.29 is 0 Å². The molecule has 0 unspecified atom stereocenters. The molecule has 1 aliphatic carbocycles. The van der Waals surface area contributed by atoms with E-state index in [4.69, 9.17) is 0 Å². The summed E-state index contributed by atoms with van der Waals surface area (Å²) in [6.07, 6.45) is 7.14. The molecule has 2 rings (SSSR count). The summed E-state index contributed by atoms with van der Waals surface area (Å²) in [6, 6.07) is 2.45. The number of rotatable bonds is 3. The first-order valence-electron chi connectivity index (χ1n) is 5.85. The van der Waals surface area contributed by atoms with Crippen LogP contribution in [-0.2, 0) is 0 Å². The van der Waals surface area contributed by atoms with Crippen LogP contribution in [0.2, 0.25) is 0 Å². The van der Waals surface area contributed by atoms with Gasteiger partial charge in [0.2, 0.25) is 5.95 Å². The molecule has 0 atom stereocenters. The highest BCUT2D eigenvalue weighted by atomic mass is 15.1. The number of aromatic nitrogens is 2. The van der Waals surface area contributed by atoms with Crippen LogP contribution in [0.25, 0.3) is 0 Å². The van der Waals surface area contributed by atoms with E-state index in [1.54, 1.807) is 0 Å². The van der Waals surface area contributed by atoms with Crippen molar-refractivity contribution in [2.24, 2.45) is 0 Å². The van der Waals surface area contributed by atoms with E-state index in [0.29, 0.717) is 12.0 Å². The molecule has 0 spiro atoms. The van der Waals surface area contributed by atoms with Gasteiger partial charge >= 0.3 is 0 Å². The van der Waals surface area contributed by atoms with E-state index < -0.39 is 0 Å². The summed E-state index contributed by atoms with van der Waals surface area (Å²) in [5.74, 6) is 1.44. The Morgan fingerprint density at radius 1 is 1.33 bits per heavy atom. The predicted molar refractivity (Wildman–Crippen MR) is 62.0 cm³/mol. The van der Waals surface area contributed by atoms with Crippen LogP contribution < -0.4 is 5.32 Å². The summed E-state index contributed by atoms with van der Waals surface area (Å²) in [5.41, 5.74) is 1.21. The first kappa shape index (κ1) is 10.4. The van der Waals surface area contributed by atoms with Gasteiger partial charge in [0.05, 0.1) is 0 Å². The fourth-order valence-corrected chi connectivity index (χ4v) is 2.15. The lowest BCUT2D eigenvalue weighted by molar-refractivity contribution is 0.693. The van der Waals surface area contributed by atoms with Crippen LogP contribution in [0.15, 0.2) is 12.3 Å². The number of nitrogens with zero attached hydrogens (tertiary/aromatic N) is 2. The van der Waals surface area contributed by atoms with Crippen molar-refractivity contribution in [1.82, 2.24) is 9.97 Å². The Morgan fingerprint density at radius 3 is 2.73 bits per heavy atom. The van der Waals surface area contributed by atoms with Crippen molar-refractivity contribution in [3.8, 4) is 0 Å². The number of anilines is 1. The zero-order valence-electron chi connectivity index (χ0n) is 9.53. The van der Waals surface area contributed by atoms with Gasteiger partial charge in [-0.2, -0.15) is 0 Å². The zero-order valence-corrected chi connectivity index (χ0v) is 9.53. The van der Waals surface area contributed by atoms with E-state index >= 15 is 0 Å². The van der Waals surface area contributed by atoms with E-state index in [9.17, 15) is 0 Å². The van der Waals surface area contributed by atoms with E-state index in [1.165, 1.54) is 31.4 Å². The Balaban J connectivity index is 2.11. The Hall–Kier alpha value is -1.12. The first-order chi connectivity index (χ1) is 7.25. The molecule has 1 fully saturated rings. The van der Waals surface area contributed by atoms with Crippen LogP contribution in [0.5, 0.6) is 0 Å². The number of hydrogen-bond acceptors (Lipinski definition) is 3. The highest BCUT2D eigenvalue weighted by molar-refractivity contribution is 5.27. The normalized spacial score (nSPS) is 17.3. The summed E-state index contributed by atoms with van der Waals surface area (Å²) in [4.78, 5) is 8.80. The van der Waals surface area contributed by atoms with E-state index in [2.05, 4.69) is 35.2 Å². The molecule has 0 aromatic carbocycles. The third-order valence-corrected chi connectivity index (χ3v) is 2.87. The monoisotopic (exact) mass is 205 g/mol. The average molecular weight is 205 g/mol. The molecule has 1 heterocycles. The first-order valence-corrected chi connectivity index (χ1v) is 5.85. The molecule has 3 heteroatoms. The maximum atomic E-state index is 4.57. The number of hydrogen-bond donors (Lipinski definition) is 1. The summed E-state index contributed by atoms with van der Waals surface area (Å²) >= 11 is 0. The predicted octanol–water partition coefficient (Wildman–Crippen LogP) is 2.95. The third kappa shape index (κ3) is 2.67. The van der Waals surface area contributed by atoms with Crippen molar-refractivity contribution in [1.29, 1.82) is 0 Å². The van der Waals surface area contributed by atoms with Gasteiger partial charge in [-0.15, -0.1) is 0 Å². The highest BCUT2D eigenvalue weighted by Crippen LogP contribution is 2.32. The molecule has 0 amide bonds. The van der Waals surface area contributed by atoms with Crippen molar-refractivity contribution in [2.75, 3.05) is 5.32 Å². The molecule has 0 bridgehead atoms. The van der Waals surface area contributed by atoms with Crippen molar-refractivity contribution in [2.45, 2.75) is 51.5 Å². The fraction of sp³-hybridized carbons (Fsp3) is 0.667. The molecule has 0 aliphatic heterocycles. The summed E-state index contributed by atoms with van der Waals surface area (Å²) in [6.45, 7) is 4.21. The minimum Gasteiger partial charge on any atom is -0.352 e. The van der Waals surface area contributed by atoms with Gasteiger partial charge in [0.25, 0.3) is 0 Å². The molecular formula is C12H19N3. The molecule has 82 valence electrons. The maximum Gasteiger partial charge on any atom is 0.223 e. The number of nitrogens with one attached hydrogen (secondary N) is 1. The van der Waals surface area contributed by atoms with Crippen LogP contribution >= 0.6 is 0 Å². The topological polar surface area (TPSA) is 37.8 Å². The maximum absolute atomic E-state index is 4.57. The van der Waals surface area contributed by atoms with E-state index in [-0.39, 0.29) is 0 Å². The minimum absolute atomic E-state index is 0.392. The van der Waals surface area contributed by atoms with Gasteiger partial charge in [-0.05, 0) is 32.8 Å².